The van der Waals surface area contributed by atoms with E-state index < -0.39 is 0 Å². The SMILES string of the molecule is CN(CC(O)CCN)c1csc2ccccc12. The first-order chi connectivity index (χ1) is 8.22. The molecule has 0 amide bonds. The number of thiophene rings is 1. The number of hydrogen-bond acceptors (Lipinski definition) is 4. The first kappa shape index (κ1) is 12.4. The van der Waals surface area contributed by atoms with E-state index in [1.54, 1.807) is 11.3 Å². The van der Waals surface area contributed by atoms with Gasteiger partial charge in [0.1, 0.15) is 0 Å². The number of likely N-dealkylation sites (N-methyl/N-ethyl adjacent to an activating group) is 1. The van der Waals surface area contributed by atoms with Gasteiger partial charge in [-0.15, -0.1) is 11.3 Å². The summed E-state index contributed by atoms with van der Waals surface area (Å²) in [5, 5.41) is 13.2. The number of fused-ring (bicyclic) bond motifs is 1. The normalized spacial score (nSPS) is 12.9. The summed E-state index contributed by atoms with van der Waals surface area (Å²) in [6.45, 7) is 1.15. The third kappa shape index (κ3) is 2.77. The number of nitrogens with two attached hydrogens (primary N) is 1. The lowest BCUT2D eigenvalue weighted by molar-refractivity contribution is 0.174. The molecule has 1 atom stereocenters. The molecule has 2 rings (SSSR count). The van der Waals surface area contributed by atoms with Gasteiger partial charge in [0.25, 0.3) is 0 Å². The third-order valence-corrected chi connectivity index (χ3v) is 3.81. The number of nitrogens with zero attached hydrogens (tertiary/aromatic N) is 1. The molecule has 0 aliphatic carbocycles. The van der Waals surface area contributed by atoms with Crippen LogP contribution >= 0.6 is 11.3 Å². The second-order valence-corrected chi connectivity index (χ2v) is 5.14. The molecule has 2 aromatic rings. The van der Waals surface area contributed by atoms with Gasteiger partial charge in [-0.05, 0) is 19.0 Å². The van der Waals surface area contributed by atoms with Crippen molar-refractivity contribution in [3.63, 3.8) is 0 Å². The highest BCUT2D eigenvalue weighted by atomic mass is 32.1. The summed E-state index contributed by atoms with van der Waals surface area (Å²) >= 11 is 1.73. The number of hydrogen-bond donors (Lipinski definition) is 2. The Morgan fingerprint density at radius 2 is 2.18 bits per heavy atom. The number of benzene rings is 1. The van der Waals surface area contributed by atoms with Crippen molar-refractivity contribution in [2.45, 2.75) is 12.5 Å². The van der Waals surface area contributed by atoms with E-state index in [4.69, 9.17) is 5.73 Å². The molecule has 0 saturated heterocycles. The van der Waals surface area contributed by atoms with E-state index >= 15 is 0 Å². The van der Waals surface area contributed by atoms with E-state index in [1.165, 1.54) is 15.8 Å². The zero-order valence-corrected chi connectivity index (χ0v) is 10.8. The van der Waals surface area contributed by atoms with Gasteiger partial charge in [-0.1, -0.05) is 18.2 Å². The Balaban J connectivity index is 2.16. The van der Waals surface area contributed by atoms with Gasteiger partial charge in [-0.25, -0.2) is 0 Å². The van der Waals surface area contributed by atoms with Crippen LogP contribution in [0.1, 0.15) is 6.42 Å². The van der Waals surface area contributed by atoms with Crippen molar-refractivity contribution >= 4 is 27.1 Å². The molecule has 0 aliphatic rings. The summed E-state index contributed by atoms with van der Waals surface area (Å²) in [5.41, 5.74) is 6.62. The molecule has 92 valence electrons. The van der Waals surface area contributed by atoms with Crippen LogP contribution in [0.15, 0.2) is 29.6 Å². The highest BCUT2D eigenvalue weighted by Gasteiger charge is 2.11. The van der Waals surface area contributed by atoms with Crippen LogP contribution < -0.4 is 10.6 Å². The minimum atomic E-state index is -0.358. The monoisotopic (exact) mass is 250 g/mol. The Morgan fingerprint density at radius 3 is 2.94 bits per heavy atom. The lowest BCUT2D eigenvalue weighted by atomic mass is 10.2. The Bertz CT molecular complexity index is 483. The fraction of sp³-hybridized carbons (Fsp3) is 0.385. The molecule has 1 aromatic heterocycles. The first-order valence-electron chi connectivity index (χ1n) is 5.78. The molecule has 0 bridgehead atoms. The highest BCUT2D eigenvalue weighted by molar-refractivity contribution is 7.17. The average Bonchev–Trinajstić information content (AvgIpc) is 2.72. The van der Waals surface area contributed by atoms with Gasteiger partial charge in [0.05, 0.1) is 11.8 Å². The van der Waals surface area contributed by atoms with Crippen molar-refractivity contribution in [2.75, 3.05) is 25.0 Å². The van der Waals surface area contributed by atoms with Gasteiger partial charge < -0.3 is 15.7 Å². The Kier molecular flexibility index (Phi) is 3.99. The van der Waals surface area contributed by atoms with Crippen LogP contribution in [0.25, 0.3) is 10.1 Å². The topological polar surface area (TPSA) is 49.5 Å². The van der Waals surface area contributed by atoms with Crippen molar-refractivity contribution < 1.29 is 5.11 Å². The minimum Gasteiger partial charge on any atom is -0.391 e. The predicted octanol–water partition coefficient (Wildman–Crippen LogP) is 2.05. The number of rotatable bonds is 5. The second kappa shape index (κ2) is 5.49. The van der Waals surface area contributed by atoms with E-state index in [-0.39, 0.29) is 6.10 Å². The van der Waals surface area contributed by atoms with E-state index in [1.807, 2.05) is 19.2 Å². The Labute approximate surface area is 105 Å². The van der Waals surface area contributed by atoms with E-state index in [0.29, 0.717) is 19.5 Å². The van der Waals surface area contributed by atoms with Crippen LogP contribution in [0.3, 0.4) is 0 Å². The smallest absolute Gasteiger partial charge is 0.0727 e. The van der Waals surface area contributed by atoms with Crippen molar-refractivity contribution in [3.05, 3.63) is 29.6 Å². The van der Waals surface area contributed by atoms with Crippen LogP contribution in [0.2, 0.25) is 0 Å². The van der Waals surface area contributed by atoms with Gasteiger partial charge in [0.2, 0.25) is 0 Å². The molecular weight excluding hydrogens is 232 g/mol. The summed E-state index contributed by atoms with van der Waals surface area (Å²) < 4.78 is 1.28. The van der Waals surface area contributed by atoms with Crippen LogP contribution in [-0.2, 0) is 0 Å². The standard InChI is InChI=1S/C13H18N2OS/c1-15(8-10(16)6-7-14)12-9-17-13-5-3-2-4-11(12)13/h2-5,9-10,16H,6-8,14H2,1H3. The molecule has 3 N–H and O–H groups in total. The van der Waals surface area contributed by atoms with Gasteiger partial charge in [0, 0.05) is 29.1 Å². The third-order valence-electron chi connectivity index (χ3n) is 2.86. The zero-order valence-electron chi connectivity index (χ0n) is 9.97. The molecule has 3 nitrogen and oxygen atoms in total. The van der Waals surface area contributed by atoms with Crippen LogP contribution in [-0.4, -0.2) is 31.3 Å². The van der Waals surface area contributed by atoms with Crippen molar-refractivity contribution in [1.82, 2.24) is 0 Å². The average molecular weight is 250 g/mol. The molecule has 1 unspecified atom stereocenters. The summed E-state index contributed by atoms with van der Waals surface area (Å²) in [7, 11) is 2.01. The maximum Gasteiger partial charge on any atom is 0.0727 e. The van der Waals surface area contributed by atoms with Gasteiger partial charge in [-0.2, -0.15) is 0 Å². The van der Waals surface area contributed by atoms with E-state index in [9.17, 15) is 5.11 Å². The van der Waals surface area contributed by atoms with Gasteiger partial charge >= 0.3 is 0 Å². The van der Waals surface area contributed by atoms with Gasteiger partial charge in [0.15, 0.2) is 0 Å². The molecule has 1 aromatic carbocycles. The fourth-order valence-electron chi connectivity index (χ4n) is 1.96. The lowest BCUT2D eigenvalue weighted by Gasteiger charge is -2.21. The van der Waals surface area contributed by atoms with Crippen molar-refractivity contribution in [3.8, 4) is 0 Å². The molecule has 0 saturated carbocycles. The molecule has 0 spiro atoms. The van der Waals surface area contributed by atoms with Crippen LogP contribution in [0.5, 0.6) is 0 Å². The highest BCUT2D eigenvalue weighted by Crippen LogP contribution is 2.32. The summed E-state index contributed by atoms with van der Waals surface area (Å²) in [6.07, 6.45) is 0.288. The first-order valence-corrected chi connectivity index (χ1v) is 6.66. The van der Waals surface area contributed by atoms with E-state index in [2.05, 4.69) is 22.4 Å². The number of aliphatic hydroxyl groups is 1. The maximum atomic E-state index is 9.77. The number of aliphatic hydroxyl groups excluding tert-OH is 1. The Hall–Kier alpha value is -1.10. The van der Waals surface area contributed by atoms with Gasteiger partial charge in [-0.3, -0.25) is 0 Å². The summed E-state index contributed by atoms with van der Waals surface area (Å²) in [6, 6.07) is 8.33. The molecule has 0 radical (unpaired) electrons. The largest absolute Gasteiger partial charge is 0.391 e. The quantitative estimate of drug-likeness (QED) is 0.854. The molecule has 17 heavy (non-hydrogen) atoms. The minimum absolute atomic E-state index is 0.358. The van der Waals surface area contributed by atoms with Crippen molar-refractivity contribution in [2.24, 2.45) is 5.73 Å². The maximum absolute atomic E-state index is 9.77. The second-order valence-electron chi connectivity index (χ2n) is 4.23. The summed E-state index contributed by atoms with van der Waals surface area (Å²) in [5.74, 6) is 0. The predicted molar refractivity (Wildman–Crippen MR) is 74.8 cm³/mol. The number of anilines is 1. The zero-order chi connectivity index (χ0) is 12.3. The van der Waals surface area contributed by atoms with Crippen molar-refractivity contribution in [1.29, 1.82) is 0 Å². The molecule has 4 heteroatoms. The van der Waals surface area contributed by atoms with E-state index in [0.717, 1.165) is 0 Å². The summed E-state index contributed by atoms with van der Waals surface area (Å²) in [4.78, 5) is 2.10. The molecule has 0 aliphatic heterocycles. The fourth-order valence-corrected chi connectivity index (χ4v) is 2.96. The molecule has 0 fully saturated rings. The Morgan fingerprint density at radius 1 is 1.41 bits per heavy atom. The molecular formula is C13H18N2OS. The van der Waals surface area contributed by atoms with Crippen LogP contribution in [0, 0.1) is 0 Å². The molecule has 1 heterocycles. The van der Waals surface area contributed by atoms with Crippen LogP contribution in [0.4, 0.5) is 5.69 Å². The lowest BCUT2D eigenvalue weighted by Crippen LogP contribution is -2.30.